The third-order valence-corrected chi connectivity index (χ3v) is 4.96. The van der Waals surface area contributed by atoms with Gasteiger partial charge in [0.25, 0.3) is 0 Å². The van der Waals surface area contributed by atoms with Crippen molar-refractivity contribution in [3.8, 4) is 22.3 Å². The second-order valence-electron chi connectivity index (χ2n) is 7.62. The monoisotopic (exact) mass is 532 g/mol. The molecule has 0 unspecified atom stereocenters. The van der Waals surface area contributed by atoms with E-state index < -0.39 is 80.6 Å². The van der Waals surface area contributed by atoms with E-state index in [1.165, 1.54) is 0 Å². The zero-order valence-electron chi connectivity index (χ0n) is 17.3. The Morgan fingerprint density at radius 3 is 1.00 bits per heavy atom. The molecule has 0 aliphatic rings. The maximum Gasteiger partial charge on any atom is 0.417 e. The van der Waals surface area contributed by atoms with E-state index >= 15 is 0 Å². The van der Waals surface area contributed by atoms with Crippen molar-refractivity contribution in [3.05, 3.63) is 70.8 Å². The number of hydrogen-bond donors (Lipinski definition) is 2. The first-order valence-corrected chi connectivity index (χ1v) is 9.46. The predicted octanol–water partition coefficient (Wildman–Crippen LogP) is 8.26. The van der Waals surface area contributed by atoms with Gasteiger partial charge in [0, 0.05) is 11.4 Å². The van der Waals surface area contributed by atoms with Gasteiger partial charge in [0.2, 0.25) is 0 Å². The van der Waals surface area contributed by atoms with Crippen molar-refractivity contribution in [2.45, 2.75) is 24.7 Å². The van der Waals surface area contributed by atoms with Crippen LogP contribution >= 0.6 is 0 Å². The second kappa shape index (κ2) is 8.52. The van der Waals surface area contributed by atoms with Gasteiger partial charge in [-0.05, 0) is 70.8 Å². The highest BCUT2D eigenvalue weighted by Crippen LogP contribution is 2.47. The van der Waals surface area contributed by atoms with Gasteiger partial charge in [0.05, 0.1) is 22.3 Å². The molecule has 0 spiro atoms. The Kier molecular flexibility index (Phi) is 6.39. The summed E-state index contributed by atoms with van der Waals surface area (Å²) in [6.07, 6.45) is -21.1. The number of hydrogen-bond acceptors (Lipinski definition) is 2. The summed E-state index contributed by atoms with van der Waals surface area (Å²) in [5, 5.41) is 0. The number of halogens is 12. The van der Waals surface area contributed by atoms with E-state index in [-0.39, 0.29) is 24.3 Å². The van der Waals surface area contributed by atoms with Crippen LogP contribution < -0.4 is 11.5 Å². The van der Waals surface area contributed by atoms with E-state index in [2.05, 4.69) is 0 Å². The molecule has 0 fully saturated rings. The molecule has 0 heterocycles. The smallest absolute Gasteiger partial charge is 0.399 e. The first kappa shape index (κ1) is 27.0. The van der Waals surface area contributed by atoms with Crippen molar-refractivity contribution in [1.82, 2.24) is 0 Å². The van der Waals surface area contributed by atoms with Crippen LogP contribution in [-0.4, -0.2) is 0 Å². The molecule has 0 saturated carbocycles. The maximum absolute atomic E-state index is 13.8. The summed E-state index contributed by atoms with van der Waals surface area (Å²) >= 11 is 0. The van der Waals surface area contributed by atoms with Gasteiger partial charge in [-0.3, -0.25) is 0 Å². The predicted molar refractivity (Wildman–Crippen MR) is 106 cm³/mol. The van der Waals surface area contributed by atoms with Gasteiger partial charge < -0.3 is 11.5 Å². The average molecular weight is 532 g/mol. The van der Waals surface area contributed by atoms with Crippen LogP contribution in [0.15, 0.2) is 48.5 Å². The van der Waals surface area contributed by atoms with Gasteiger partial charge in [-0.1, -0.05) is 0 Å². The summed E-state index contributed by atoms with van der Waals surface area (Å²) in [6.45, 7) is 0. The number of nitrogen functional groups attached to an aromatic ring is 2. The maximum atomic E-state index is 13.8. The molecule has 4 N–H and O–H groups in total. The molecule has 194 valence electrons. The van der Waals surface area contributed by atoms with Crippen LogP contribution in [-0.2, 0) is 24.7 Å². The van der Waals surface area contributed by atoms with Gasteiger partial charge >= 0.3 is 24.7 Å². The fourth-order valence-corrected chi connectivity index (χ4v) is 3.49. The summed E-state index contributed by atoms with van der Waals surface area (Å²) in [5.41, 5.74) is -1.52. The molecule has 2 nitrogen and oxygen atoms in total. The third-order valence-electron chi connectivity index (χ3n) is 4.96. The number of rotatable bonds is 2. The van der Waals surface area contributed by atoms with Crippen LogP contribution in [0.4, 0.5) is 64.1 Å². The lowest BCUT2D eigenvalue weighted by atomic mass is 9.88. The Balaban J connectivity index is 2.47. The van der Waals surface area contributed by atoms with Gasteiger partial charge in [-0.2, -0.15) is 52.7 Å². The van der Waals surface area contributed by atoms with Crippen molar-refractivity contribution in [3.63, 3.8) is 0 Å². The van der Waals surface area contributed by atoms with Crippen molar-refractivity contribution in [2.75, 3.05) is 11.5 Å². The molecule has 0 aliphatic heterocycles. The van der Waals surface area contributed by atoms with Gasteiger partial charge in [0.15, 0.2) is 0 Å². The molecule has 3 aromatic carbocycles. The second-order valence-corrected chi connectivity index (χ2v) is 7.62. The van der Waals surface area contributed by atoms with Crippen LogP contribution in [0.3, 0.4) is 0 Å². The van der Waals surface area contributed by atoms with Crippen LogP contribution in [0.25, 0.3) is 22.3 Å². The summed E-state index contributed by atoms with van der Waals surface area (Å²) in [6, 6.07) is 2.43. The first-order valence-electron chi connectivity index (χ1n) is 9.46. The molecule has 0 radical (unpaired) electrons. The van der Waals surface area contributed by atoms with Gasteiger partial charge in [0.1, 0.15) is 0 Å². The lowest BCUT2D eigenvalue weighted by molar-refractivity contribution is -0.142. The molecule has 0 atom stereocenters. The fourth-order valence-electron chi connectivity index (χ4n) is 3.49. The Labute approximate surface area is 194 Å². The summed E-state index contributed by atoms with van der Waals surface area (Å²) in [5.74, 6) is 0. The minimum atomic E-state index is -5.50. The minimum Gasteiger partial charge on any atom is -0.399 e. The topological polar surface area (TPSA) is 52.0 Å². The lowest BCUT2D eigenvalue weighted by Crippen LogP contribution is -2.14. The van der Waals surface area contributed by atoms with Crippen molar-refractivity contribution < 1.29 is 52.7 Å². The molecule has 3 aromatic rings. The standard InChI is InChI=1S/C22H12F12N2/c23-19(24,25)11-1-9(3-13(35)5-11)15-7-16(10-2-12(20(26,27)28)6-14(36)4-10)18(22(32,33)34)8-17(15)21(29,30)31/h1-8H,35-36H2. The summed E-state index contributed by atoms with van der Waals surface area (Å²) in [7, 11) is 0. The SMILES string of the molecule is Nc1cc(-c2cc(-c3cc(N)cc(C(F)(F)F)c3)c(C(F)(F)F)cc2C(F)(F)F)cc(C(F)(F)F)c1. The van der Waals surface area contributed by atoms with Gasteiger partial charge in [-0.25, -0.2) is 0 Å². The van der Waals surface area contributed by atoms with Crippen LogP contribution in [0.2, 0.25) is 0 Å². The Morgan fingerprint density at radius 2 is 0.722 bits per heavy atom. The quantitative estimate of drug-likeness (QED) is 0.258. The zero-order chi connectivity index (χ0) is 27.4. The zero-order valence-corrected chi connectivity index (χ0v) is 17.3. The molecular weight excluding hydrogens is 520 g/mol. The van der Waals surface area contributed by atoms with E-state index in [4.69, 9.17) is 11.5 Å². The summed E-state index contributed by atoms with van der Waals surface area (Å²) in [4.78, 5) is 0. The molecule has 0 amide bonds. The largest absolute Gasteiger partial charge is 0.417 e. The normalized spacial score (nSPS) is 13.2. The van der Waals surface area contributed by atoms with Crippen molar-refractivity contribution in [2.24, 2.45) is 0 Å². The molecule has 3 rings (SSSR count). The Hall–Kier alpha value is -3.58. The van der Waals surface area contributed by atoms with E-state index in [1.807, 2.05) is 0 Å². The fraction of sp³-hybridized carbons (Fsp3) is 0.182. The summed E-state index contributed by atoms with van der Waals surface area (Å²) < 4.78 is 162. The molecule has 0 saturated heterocycles. The minimum absolute atomic E-state index is 0.218. The van der Waals surface area contributed by atoms with Crippen molar-refractivity contribution in [1.29, 1.82) is 0 Å². The molecular formula is C22H12F12N2. The van der Waals surface area contributed by atoms with Gasteiger partial charge in [-0.15, -0.1) is 0 Å². The molecule has 0 aromatic heterocycles. The highest BCUT2D eigenvalue weighted by atomic mass is 19.4. The number of anilines is 2. The number of alkyl halides is 12. The average Bonchev–Trinajstić information content (AvgIpc) is 2.69. The first-order chi connectivity index (χ1) is 16.2. The van der Waals surface area contributed by atoms with E-state index in [1.54, 1.807) is 0 Å². The molecule has 14 heteroatoms. The van der Waals surface area contributed by atoms with E-state index in [0.717, 1.165) is 0 Å². The van der Waals surface area contributed by atoms with Crippen LogP contribution in [0.1, 0.15) is 22.3 Å². The molecule has 0 bridgehead atoms. The number of nitrogens with two attached hydrogens (primary N) is 2. The van der Waals surface area contributed by atoms with Crippen molar-refractivity contribution >= 4 is 11.4 Å². The Bertz CT molecular complexity index is 1200. The highest BCUT2D eigenvalue weighted by Gasteiger charge is 2.41. The highest BCUT2D eigenvalue weighted by molar-refractivity contribution is 5.81. The lowest BCUT2D eigenvalue weighted by Gasteiger charge is -2.21. The molecule has 0 aliphatic carbocycles. The third kappa shape index (κ3) is 5.62. The number of benzene rings is 3. The van der Waals surface area contributed by atoms with E-state index in [0.29, 0.717) is 24.3 Å². The molecule has 36 heavy (non-hydrogen) atoms. The van der Waals surface area contributed by atoms with E-state index in [9.17, 15) is 52.7 Å². The van der Waals surface area contributed by atoms with Crippen LogP contribution in [0, 0.1) is 0 Å². The Morgan fingerprint density at radius 1 is 0.389 bits per heavy atom. The van der Waals surface area contributed by atoms with Crippen LogP contribution in [0.5, 0.6) is 0 Å².